The number of hydrogen-bond donors (Lipinski definition) is 1. The van der Waals surface area contributed by atoms with Gasteiger partial charge in [-0.25, -0.2) is 14.2 Å². The lowest BCUT2D eigenvalue weighted by atomic mass is 10.1. The van der Waals surface area contributed by atoms with Crippen LogP contribution in [0.3, 0.4) is 0 Å². The normalized spacial score (nSPS) is 11.4. The van der Waals surface area contributed by atoms with Gasteiger partial charge in [0, 0.05) is 11.8 Å². The lowest BCUT2D eigenvalue weighted by Crippen LogP contribution is -2.21. The number of aromatic hydroxyl groups is 1. The summed E-state index contributed by atoms with van der Waals surface area (Å²) in [6.07, 6.45) is 0. The van der Waals surface area contributed by atoms with Crippen molar-refractivity contribution in [2.24, 2.45) is 0 Å². The first-order chi connectivity index (χ1) is 17.5. The summed E-state index contributed by atoms with van der Waals surface area (Å²) in [5.41, 5.74) is 0.965. The SMILES string of the molecule is O=c1oc2cc(-c3ccccc3)n(-c3ccc(F)cc3)c(=O)c2c(O)c1Sc1nc2ccccc2o1. The highest BCUT2D eigenvalue weighted by Gasteiger charge is 2.23. The van der Waals surface area contributed by atoms with E-state index in [0.29, 0.717) is 28.0 Å². The summed E-state index contributed by atoms with van der Waals surface area (Å²) in [4.78, 5) is 30.7. The molecule has 0 fully saturated rings. The monoisotopic (exact) mass is 498 g/mol. The Balaban J connectivity index is 1.60. The van der Waals surface area contributed by atoms with E-state index in [1.165, 1.54) is 34.9 Å². The highest BCUT2D eigenvalue weighted by atomic mass is 32.2. The number of fused-ring (bicyclic) bond motifs is 2. The first-order valence-corrected chi connectivity index (χ1v) is 11.6. The third-order valence-electron chi connectivity index (χ3n) is 5.63. The Hall–Kier alpha value is -4.63. The molecule has 0 atom stereocenters. The van der Waals surface area contributed by atoms with Crippen LogP contribution in [0.2, 0.25) is 0 Å². The number of nitrogens with zero attached hydrogens (tertiary/aromatic N) is 2. The average molecular weight is 498 g/mol. The van der Waals surface area contributed by atoms with E-state index in [-0.39, 0.29) is 21.1 Å². The standard InChI is InChI=1S/C27H15FN2O5S/c28-16-10-12-17(13-11-16)30-19(15-6-2-1-3-7-15)14-21-22(25(30)32)23(31)24(26(33)34-21)36-27-29-18-8-4-5-9-20(18)35-27/h1-14,31H. The fourth-order valence-corrected chi connectivity index (χ4v) is 4.76. The Bertz CT molecular complexity index is 1840. The van der Waals surface area contributed by atoms with E-state index in [0.717, 1.165) is 11.8 Å². The van der Waals surface area contributed by atoms with E-state index in [9.17, 15) is 19.1 Å². The number of para-hydroxylation sites is 2. The highest BCUT2D eigenvalue weighted by molar-refractivity contribution is 7.99. The summed E-state index contributed by atoms with van der Waals surface area (Å²) >= 11 is 0.763. The maximum atomic E-state index is 13.8. The van der Waals surface area contributed by atoms with Crippen LogP contribution in [0.5, 0.6) is 5.75 Å². The molecule has 3 aromatic heterocycles. The third-order valence-corrected chi connectivity index (χ3v) is 6.54. The molecule has 6 rings (SSSR count). The molecular formula is C27H15FN2O5S. The molecule has 0 bridgehead atoms. The summed E-state index contributed by atoms with van der Waals surface area (Å²) in [6, 6.07) is 22.9. The van der Waals surface area contributed by atoms with Crippen LogP contribution in [0.4, 0.5) is 4.39 Å². The van der Waals surface area contributed by atoms with Crippen molar-refractivity contribution in [3.8, 4) is 22.7 Å². The molecule has 0 aliphatic carbocycles. The zero-order valence-electron chi connectivity index (χ0n) is 18.3. The van der Waals surface area contributed by atoms with E-state index in [2.05, 4.69) is 4.98 Å². The van der Waals surface area contributed by atoms with Gasteiger partial charge in [0.1, 0.15) is 27.2 Å². The van der Waals surface area contributed by atoms with Crippen molar-refractivity contribution in [1.82, 2.24) is 9.55 Å². The topological polar surface area (TPSA) is 98.5 Å². The zero-order valence-corrected chi connectivity index (χ0v) is 19.2. The van der Waals surface area contributed by atoms with E-state index >= 15 is 0 Å². The minimum Gasteiger partial charge on any atom is -0.505 e. The number of halogens is 1. The first-order valence-electron chi connectivity index (χ1n) is 10.8. The molecule has 3 aromatic carbocycles. The van der Waals surface area contributed by atoms with Crippen molar-refractivity contribution in [2.75, 3.05) is 0 Å². The van der Waals surface area contributed by atoms with Crippen molar-refractivity contribution in [3.05, 3.63) is 112 Å². The molecular weight excluding hydrogens is 483 g/mol. The second-order valence-corrected chi connectivity index (χ2v) is 8.83. The summed E-state index contributed by atoms with van der Waals surface area (Å²) < 4.78 is 26.1. The number of rotatable bonds is 4. The van der Waals surface area contributed by atoms with Gasteiger partial charge in [0.25, 0.3) is 10.8 Å². The van der Waals surface area contributed by atoms with Gasteiger partial charge in [-0.05, 0) is 53.7 Å². The average Bonchev–Trinajstić information content (AvgIpc) is 3.30. The van der Waals surface area contributed by atoms with Gasteiger partial charge in [-0.3, -0.25) is 9.36 Å². The Morgan fingerprint density at radius 1 is 0.861 bits per heavy atom. The molecule has 0 spiro atoms. The first kappa shape index (κ1) is 21.9. The van der Waals surface area contributed by atoms with Gasteiger partial charge >= 0.3 is 5.63 Å². The second kappa shape index (κ2) is 8.54. The fourth-order valence-electron chi connectivity index (χ4n) is 3.98. The molecule has 0 saturated heterocycles. The second-order valence-electron chi connectivity index (χ2n) is 7.87. The molecule has 0 amide bonds. The van der Waals surface area contributed by atoms with E-state index in [1.807, 2.05) is 6.07 Å². The van der Waals surface area contributed by atoms with Crippen LogP contribution in [-0.2, 0) is 0 Å². The molecule has 0 aliphatic rings. The van der Waals surface area contributed by atoms with Crippen molar-refractivity contribution in [3.63, 3.8) is 0 Å². The van der Waals surface area contributed by atoms with Gasteiger partial charge < -0.3 is 13.9 Å². The smallest absolute Gasteiger partial charge is 0.354 e. The van der Waals surface area contributed by atoms with Crippen LogP contribution in [-0.4, -0.2) is 14.7 Å². The molecule has 176 valence electrons. The number of benzene rings is 3. The number of aromatic nitrogens is 2. The Labute approximate surface area is 206 Å². The Kier molecular flexibility index (Phi) is 5.19. The van der Waals surface area contributed by atoms with Gasteiger partial charge in [0.2, 0.25) is 0 Å². The maximum absolute atomic E-state index is 13.8. The summed E-state index contributed by atoms with van der Waals surface area (Å²) in [6.45, 7) is 0. The number of pyridine rings is 1. The number of oxazole rings is 1. The van der Waals surface area contributed by atoms with Crippen LogP contribution < -0.4 is 11.2 Å². The number of hydrogen-bond acceptors (Lipinski definition) is 7. The molecule has 36 heavy (non-hydrogen) atoms. The van der Waals surface area contributed by atoms with Gasteiger partial charge in [-0.2, -0.15) is 0 Å². The molecule has 3 heterocycles. The molecule has 9 heteroatoms. The largest absolute Gasteiger partial charge is 0.505 e. The van der Waals surface area contributed by atoms with Gasteiger partial charge in [0.05, 0.1) is 5.69 Å². The Morgan fingerprint density at radius 3 is 2.33 bits per heavy atom. The minimum absolute atomic E-state index is 0.0818. The molecule has 7 nitrogen and oxygen atoms in total. The molecule has 0 saturated carbocycles. The van der Waals surface area contributed by atoms with E-state index < -0.39 is 22.8 Å². The van der Waals surface area contributed by atoms with Crippen LogP contribution in [0.1, 0.15) is 0 Å². The quantitative estimate of drug-likeness (QED) is 0.331. The van der Waals surface area contributed by atoms with E-state index in [1.54, 1.807) is 48.5 Å². The molecule has 1 N–H and O–H groups in total. The van der Waals surface area contributed by atoms with Crippen molar-refractivity contribution in [2.45, 2.75) is 10.1 Å². The fraction of sp³-hybridized carbons (Fsp3) is 0. The van der Waals surface area contributed by atoms with Crippen molar-refractivity contribution < 1.29 is 18.3 Å². The van der Waals surface area contributed by atoms with Crippen LogP contribution in [0.25, 0.3) is 39.0 Å². The molecule has 0 aliphatic heterocycles. The summed E-state index contributed by atoms with van der Waals surface area (Å²) in [5.74, 6) is -1.01. The van der Waals surface area contributed by atoms with Crippen molar-refractivity contribution >= 4 is 33.8 Å². The van der Waals surface area contributed by atoms with Gasteiger partial charge in [-0.15, -0.1) is 0 Å². The minimum atomic E-state index is -0.842. The third kappa shape index (κ3) is 3.66. The van der Waals surface area contributed by atoms with Gasteiger partial charge in [0.15, 0.2) is 11.3 Å². The molecule has 6 aromatic rings. The van der Waals surface area contributed by atoms with Crippen LogP contribution in [0, 0.1) is 5.82 Å². The van der Waals surface area contributed by atoms with Crippen molar-refractivity contribution in [1.29, 1.82) is 0 Å². The Morgan fingerprint density at radius 2 is 1.58 bits per heavy atom. The van der Waals surface area contributed by atoms with Crippen LogP contribution >= 0.6 is 11.8 Å². The van der Waals surface area contributed by atoms with Crippen LogP contribution in [0.15, 0.2) is 113 Å². The lowest BCUT2D eigenvalue weighted by Gasteiger charge is -2.15. The predicted molar refractivity (Wildman–Crippen MR) is 133 cm³/mol. The summed E-state index contributed by atoms with van der Waals surface area (Å²) in [5, 5.41) is 11.0. The highest BCUT2D eigenvalue weighted by Crippen LogP contribution is 2.37. The zero-order chi connectivity index (χ0) is 24.8. The van der Waals surface area contributed by atoms with E-state index in [4.69, 9.17) is 8.83 Å². The van der Waals surface area contributed by atoms with Gasteiger partial charge in [-0.1, -0.05) is 42.5 Å². The predicted octanol–water partition coefficient (Wildman–Crippen LogP) is 5.75. The summed E-state index contributed by atoms with van der Waals surface area (Å²) in [7, 11) is 0. The molecule has 0 unspecified atom stereocenters. The lowest BCUT2D eigenvalue weighted by molar-refractivity contribution is 0.443. The maximum Gasteiger partial charge on any atom is 0.354 e. The molecule has 0 radical (unpaired) electrons.